The summed E-state index contributed by atoms with van der Waals surface area (Å²) in [6, 6.07) is 11.7. The second-order valence-corrected chi connectivity index (χ2v) is 6.96. The van der Waals surface area contributed by atoms with E-state index in [0.29, 0.717) is 23.5 Å². The van der Waals surface area contributed by atoms with Crippen molar-refractivity contribution in [2.75, 3.05) is 12.3 Å². The molecule has 9 nitrogen and oxygen atoms in total. The lowest BCUT2D eigenvalue weighted by atomic mass is 10.1. The SMILES string of the molecule is Cc1nc(N)c2c(C#N)cn([C@@H]3O[C@H](COCc4ccccc4)[C@@H](O)[C@H]3O)c2n1. The molecule has 29 heavy (non-hydrogen) atoms. The number of nitrogens with zero attached hydrogens (tertiary/aromatic N) is 4. The van der Waals surface area contributed by atoms with Crippen molar-refractivity contribution in [1.29, 1.82) is 5.26 Å². The van der Waals surface area contributed by atoms with Crippen LogP contribution in [0.25, 0.3) is 11.0 Å². The molecule has 3 aromatic rings. The number of benzene rings is 1. The molecule has 0 aliphatic carbocycles. The van der Waals surface area contributed by atoms with Gasteiger partial charge in [-0.05, 0) is 12.5 Å². The third-order valence-electron chi connectivity index (χ3n) is 4.94. The molecule has 0 bridgehead atoms. The number of nitrogens with two attached hydrogens (primary N) is 1. The predicted molar refractivity (Wildman–Crippen MR) is 103 cm³/mol. The molecule has 0 spiro atoms. The van der Waals surface area contributed by atoms with Crippen LogP contribution in [0.3, 0.4) is 0 Å². The number of aliphatic hydroxyl groups is 2. The Kier molecular flexibility index (Phi) is 5.17. The van der Waals surface area contributed by atoms with Crippen molar-refractivity contribution >= 4 is 16.9 Å². The molecule has 0 unspecified atom stereocenters. The molecule has 9 heteroatoms. The number of nitrogen functional groups attached to an aromatic ring is 1. The van der Waals surface area contributed by atoms with E-state index < -0.39 is 24.5 Å². The molecule has 4 N–H and O–H groups in total. The summed E-state index contributed by atoms with van der Waals surface area (Å²) in [7, 11) is 0. The van der Waals surface area contributed by atoms with Crippen LogP contribution in [0.2, 0.25) is 0 Å². The van der Waals surface area contributed by atoms with Crippen molar-refractivity contribution in [3.05, 3.63) is 53.5 Å². The summed E-state index contributed by atoms with van der Waals surface area (Å²) in [5.74, 6) is 0.605. The highest BCUT2D eigenvalue weighted by atomic mass is 16.6. The van der Waals surface area contributed by atoms with E-state index in [9.17, 15) is 15.5 Å². The summed E-state index contributed by atoms with van der Waals surface area (Å²) in [6.45, 7) is 2.15. The van der Waals surface area contributed by atoms with Crippen molar-refractivity contribution in [2.45, 2.75) is 38.1 Å². The maximum absolute atomic E-state index is 10.6. The van der Waals surface area contributed by atoms with E-state index in [1.807, 2.05) is 30.3 Å². The molecule has 4 rings (SSSR count). The zero-order valence-electron chi connectivity index (χ0n) is 15.8. The highest BCUT2D eigenvalue weighted by Crippen LogP contribution is 2.34. The van der Waals surface area contributed by atoms with Crippen LogP contribution in [-0.4, -0.2) is 49.7 Å². The fourth-order valence-electron chi connectivity index (χ4n) is 3.53. The van der Waals surface area contributed by atoms with Gasteiger partial charge < -0.3 is 30.0 Å². The lowest BCUT2D eigenvalue weighted by molar-refractivity contribution is -0.0681. The fraction of sp³-hybridized carbons (Fsp3) is 0.350. The molecule has 1 aromatic carbocycles. The summed E-state index contributed by atoms with van der Waals surface area (Å²) < 4.78 is 13.1. The van der Waals surface area contributed by atoms with E-state index in [1.54, 1.807) is 6.92 Å². The predicted octanol–water partition coefficient (Wildman–Crippen LogP) is 1.03. The lowest BCUT2D eigenvalue weighted by Gasteiger charge is -2.17. The van der Waals surface area contributed by atoms with Crippen molar-refractivity contribution in [1.82, 2.24) is 14.5 Å². The van der Waals surface area contributed by atoms with Crippen LogP contribution in [0, 0.1) is 18.3 Å². The van der Waals surface area contributed by atoms with Crippen LogP contribution >= 0.6 is 0 Å². The summed E-state index contributed by atoms with van der Waals surface area (Å²) in [5, 5.41) is 30.8. The molecule has 4 atom stereocenters. The molecule has 0 radical (unpaired) electrons. The first-order chi connectivity index (χ1) is 14.0. The highest BCUT2D eigenvalue weighted by Gasteiger charge is 2.44. The van der Waals surface area contributed by atoms with E-state index in [0.717, 1.165) is 5.56 Å². The Morgan fingerprint density at radius 1 is 1.24 bits per heavy atom. The minimum atomic E-state index is -1.22. The van der Waals surface area contributed by atoms with E-state index >= 15 is 0 Å². The Morgan fingerprint density at radius 3 is 2.72 bits per heavy atom. The largest absolute Gasteiger partial charge is 0.387 e. The number of hydrogen-bond acceptors (Lipinski definition) is 8. The molecule has 1 aliphatic rings. The zero-order valence-corrected chi connectivity index (χ0v) is 15.8. The van der Waals surface area contributed by atoms with Gasteiger partial charge in [-0.3, -0.25) is 0 Å². The fourth-order valence-corrected chi connectivity index (χ4v) is 3.53. The van der Waals surface area contributed by atoms with Gasteiger partial charge in [0.2, 0.25) is 0 Å². The number of aryl methyl sites for hydroxylation is 1. The Bertz CT molecular complexity index is 1060. The van der Waals surface area contributed by atoms with Gasteiger partial charge in [0.15, 0.2) is 6.23 Å². The number of hydrogen-bond donors (Lipinski definition) is 3. The molecule has 1 fully saturated rings. The van der Waals surface area contributed by atoms with Gasteiger partial charge in [-0.1, -0.05) is 30.3 Å². The molecular formula is C20H21N5O4. The van der Waals surface area contributed by atoms with Crippen LogP contribution in [0.1, 0.15) is 23.2 Å². The number of nitriles is 1. The lowest BCUT2D eigenvalue weighted by Crippen LogP contribution is -2.33. The van der Waals surface area contributed by atoms with Crippen molar-refractivity contribution in [2.24, 2.45) is 0 Å². The van der Waals surface area contributed by atoms with E-state index in [2.05, 4.69) is 16.0 Å². The Labute approximate surface area is 166 Å². The summed E-state index contributed by atoms with van der Waals surface area (Å²) in [6.07, 6.45) is -2.54. The number of aliphatic hydroxyl groups excluding tert-OH is 2. The summed E-state index contributed by atoms with van der Waals surface area (Å²) in [5.41, 5.74) is 7.60. The Hall–Kier alpha value is -3.03. The standard InChI is InChI=1S/C20H21N5O4/c1-11-23-18(22)15-13(7-21)8-25(19(15)24-11)20-17(27)16(26)14(29-20)10-28-9-12-5-3-2-4-6-12/h2-6,8,14,16-17,20,26-27H,9-10H2,1H3,(H2,22,23,24)/t14-,16-,17-,20-/m1/s1. The van der Waals surface area contributed by atoms with Gasteiger partial charge in [-0.2, -0.15) is 5.26 Å². The van der Waals surface area contributed by atoms with Crippen LogP contribution in [0.5, 0.6) is 0 Å². The molecule has 3 heterocycles. The molecule has 0 saturated carbocycles. The van der Waals surface area contributed by atoms with Crippen LogP contribution in [-0.2, 0) is 16.1 Å². The molecule has 1 aliphatic heterocycles. The number of aromatic nitrogens is 3. The molecule has 2 aromatic heterocycles. The van der Waals surface area contributed by atoms with Gasteiger partial charge in [-0.15, -0.1) is 0 Å². The second kappa shape index (κ2) is 7.77. The van der Waals surface area contributed by atoms with Crippen molar-refractivity contribution in [3.63, 3.8) is 0 Å². The first-order valence-electron chi connectivity index (χ1n) is 9.17. The smallest absolute Gasteiger partial charge is 0.164 e. The van der Waals surface area contributed by atoms with Gasteiger partial charge in [-0.25, -0.2) is 9.97 Å². The van der Waals surface area contributed by atoms with Crippen LogP contribution in [0.4, 0.5) is 5.82 Å². The van der Waals surface area contributed by atoms with Gasteiger partial charge in [0.1, 0.15) is 41.7 Å². The normalized spacial score (nSPS) is 24.1. The zero-order chi connectivity index (χ0) is 20.5. The van der Waals surface area contributed by atoms with Gasteiger partial charge >= 0.3 is 0 Å². The molecule has 150 valence electrons. The average molecular weight is 395 g/mol. The summed E-state index contributed by atoms with van der Waals surface area (Å²) >= 11 is 0. The minimum absolute atomic E-state index is 0.101. The third-order valence-corrected chi connectivity index (χ3v) is 4.94. The van der Waals surface area contributed by atoms with E-state index in [-0.39, 0.29) is 18.0 Å². The Morgan fingerprint density at radius 2 is 2.00 bits per heavy atom. The number of rotatable bonds is 5. The van der Waals surface area contributed by atoms with E-state index in [1.165, 1.54) is 10.8 Å². The average Bonchev–Trinajstić information content (AvgIpc) is 3.21. The highest BCUT2D eigenvalue weighted by molar-refractivity contribution is 5.92. The molecule has 0 amide bonds. The minimum Gasteiger partial charge on any atom is -0.387 e. The third kappa shape index (κ3) is 3.54. The topological polar surface area (TPSA) is 139 Å². The molecular weight excluding hydrogens is 374 g/mol. The quantitative estimate of drug-likeness (QED) is 0.582. The van der Waals surface area contributed by atoms with Gasteiger partial charge in [0.25, 0.3) is 0 Å². The Balaban J connectivity index is 1.56. The first-order valence-corrected chi connectivity index (χ1v) is 9.17. The second-order valence-electron chi connectivity index (χ2n) is 6.96. The first kappa shape index (κ1) is 19.3. The van der Waals surface area contributed by atoms with E-state index in [4.69, 9.17) is 15.2 Å². The maximum atomic E-state index is 10.6. The maximum Gasteiger partial charge on any atom is 0.164 e. The van der Waals surface area contributed by atoms with Crippen LogP contribution < -0.4 is 5.73 Å². The van der Waals surface area contributed by atoms with Gasteiger partial charge in [0.05, 0.1) is 24.2 Å². The number of ether oxygens (including phenoxy) is 2. The summed E-state index contributed by atoms with van der Waals surface area (Å²) in [4.78, 5) is 8.45. The number of fused-ring (bicyclic) bond motifs is 1. The van der Waals surface area contributed by atoms with Crippen molar-refractivity contribution in [3.8, 4) is 6.07 Å². The number of anilines is 1. The van der Waals surface area contributed by atoms with Crippen molar-refractivity contribution < 1.29 is 19.7 Å². The molecule has 1 saturated heterocycles. The van der Waals surface area contributed by atoms with Crippen LogP contribution in [0.15, 0.2) is 36.5 Å². The van der Waals surface area contributed by atoms with Gasteiger partial charge in [0, 0.05) is 6.20 Å². The monoisotopic (exact) mass is 395 g/mol.